The molecule has 176 valence electrons. The highest BCUT2D eigenvalue weighted by Gasteiger charge is 2.28. The van der Waals surface area contributed by atoms with E-state index in [-0.39, 0.29) is 30.6 Å². The van der Waals surface area contributed by atoms with Crippen molar-refractivity contribution in [1.29, 1.82) is 0 Å². The lowest BCUT2D eigenvalue weighted by molar-refractivity contribution is -0.136. The van der Waals surface area contributed by atoms with Gasteiger partial charge in [-0.1, -0.05) is 31.4 Å². The number of aliphatic hydroxyl groups excluding tert-OH is 1. The highest BCUT2D eigenvalue weighted by Crippen LogP contribution is 2.25. The lowest BCUT2D eigenvalue weighted by Gasteiger charge is -2.36. The van der Waals surface area contributed by atoms with Crippen LogP contribution in [0.5, 0.6) is 0 Å². The van der Waals surface area contributed by atoms with Crippen molar-refractivity contribution in [3.8, 4) is 0 Å². The Bertz CT molecular complexity index is 676. The normalized spacial score (nSPS) is 25.7. The summed E-state index contributed by atoms with van der Waals surface area (Å²) in [6, 6.07) is -0.196. The van der Waals surface area contributed by atoms with Gasteiger partial charge in [-0.15, -0.1) is 5.10 Å². The average Bonchev–Trinajstić information content (AvgIpc) is 3.22. The summed E-state index contributed by atoms with van der Waals surface area (Å²) in [4.78, 5) is 17.2. The van der Waals surface area contributed by atoms with Crippen LogP contribution in [0.15, 0.2) is 6.20 Å². The van der Waals surface area contributed by atoms with Gasteiger partial charge in [0, 0.05) is 38.5 Å². The minimum Gasteiger partial charge on any atom is -0.394 e. The number of nitrogens with zero attached hydrogens (tertiary/aromatic N) is 5. The molecule has 1 saturated carbocycles. The second kappa shape index (κ2) is 11.9. The van der Waals surface area contributed by atoms with Gasteiger partial charge in [-0.3, -0.25) is 9.48 Å². The van der Waals surface area contributed by atoms with E-state index < -0.39 is 0 Å². The number of hydrogen-bond acceptors (Lipinski definition) is 6. The van der Waals surface area contributed by atoms with Crippen LogP contribution in [0.4, 0.5) is 0 Å². The Balaban J connectivity index is 1.71. The molecule has 1 amide bonds. The van der Waals surface area contributed by atoms with E-state index in [4.69, 9.17) is 4.74 Å². The Morgan fingerprint density at radius 3 is 2.77 bits per heavy atom. The van der Waals surface area contributed by atoms with Crippen LogP contribution in [0.1, 0.15) is 64.5 Å². The van der Waals surface area contributed by atoms with E-state index in [0.29, 0.717) is 32.5 Å². The van der Waals surface area contributed by atoms with Crippen LogP contribution in [0.3, 0.4) is 0 Å². The summed E-state index contributed by atoms with van der Waals surface area (Å²) >= 11 is 0. The quantitative estimate of drug-likeness (QED) is 0.738. The fraction of sp³-hybridized carbons (Fsp3) is 0.870. The molecule has 2 bridgehead atoms. The predicted molar refractivity (Wildman–Crippen MR) is 119 cm³/mol. The minimum absolute atomic E-state index is 0.0271. The van der Waals surface area contributed by atoms with Crippen molar-refractivity contribution in [3.63, 3.8) is 0 Å². The van der Waals surface area contributed by atoms with Gasteiger partial charge in [-0.05, 0) is 39.2 Å². The SMILES string of the molecule is C[C@H](CO)N1C[C@H](C)[C@H](CN(C)CC2CCCCC2)OCc2cn(nn2)CCCC1=O. The van der Waals surface area contributed by atoms with Gasteiger partial charge in [-0.25, -0.2) is 0 Å². The molecule has 8 heteroatoms. The van der Waals surface area contributed by atoms with Gasteiger partial charge in [0.05, 0.1) is 31.6 Å². The maximum atomic E-state index is 12.9. The van der Waals surface area contributed by atoms with E-state index in [0.717, 1.165) is 24.7 Å². The zero-order chi connectivity index (χ0) is 22.2. The Morgan fingerprint density at radius 2 is 2.03 bits per heavy atom. The van der Waals surface area contributed by atoms with Gasteiger partial charge in [0.1, 0.15) is 5.69 Å². The number of amides is 1. The highest BCUT2D eigenvalue weighted by molar-refractivity contribution is 5.76. The number of likely N-dealkylation sites (N-methyl/N-ethyl adjacent to an activating group) is 1. The van der Waals surface area contributed by atoms with Gasteiger partial charge in [0.25, 0.3) is 0 Å². The molecule has 2 aliphatic rings. The fourth-order valence-electron chi connectivity index (χ4n) is 4.89. The van der Waals surface area contributed by atoms with Crippen molar-refractivity contribution in [2.24, 2.45) is 11.8 Å². The maximum Gasteiger partial charge on any atom is 0.222 e. The number of hydrogen-bond donors (Lipinski definition) is 1. The number of carbonyl (C=O) groups excluding carboxylic acids is 1. The smallest absolute Gasteiger partial charge is 0.222 e. The van der Waals surface area contributed by atoms with Crippen LogP contribution < -0.4 is 0 Å². The molecule has 0 unspecified atom stereocenters. The zero-order valence-electron chi connectivity index (χ0n) is 19.6. The average molecular weight is 436 g/mol. The summed E-state index contributed by atoms with van der Waals surface area (Å²) in [5, 5.41) is 18.1. The maximum absolute atomic E-state index is 12.9. The molecular weight excluding hydrogens is 394 g/mol. The van der Waals surface area contributed by atoms with E-state index >= 15 is 0 Å². The Labute approximate surface area is 186 Å². The number of aromatic nitrogens is 3. The van der Waals surface area contributed by atoms with Gasteiger partial charge < -0.3 is 19.6 Å². The third-order valence-electron chi connectivity index (χ3n) is 6.83. The minimum atomic E-state index is -0.196. The van der Waals surface area contributed by atoms with Crippen LogP contribution in [-0.4, -0.2) is 81.2 Å². The topological polar surface area (TPSA) is 83.7 Å². The van der Waals surface area contributed by atoms with E-state index in [9.17, 15) is 9.90 Å². The summed E-state index contributed by atoms with van der Waals surface area (Å²) in [6.45, 7) is 7.63. The Hall–Kier alpha value is -1.51. The monoisotopic (exact) mass is 435 g/mol. The third kappa shape index (κ3) is 7.26. The summed E-state index contributed by atoms with van der Waals surface area (Å²) in [7, 11) is 2.18. The van der Waals surface area contributed by atoms with Gasteiger partial charge in [0.15, 0.2) is 0 Å². The van der Waals surface area contributed by atoms with Crippen molar-refractivity contribution in [2.45, 2.75) is 84.1 Å². The lowest BCUT2D eigenvalue weighted by atomic mass is 9.89. The van der Waals surface area contributed by atoms with Crippen molar-refractivity contribution in [2.75, 3.05) is 33.3 Å². The first-order chi connectivity index (χ1) is 15.0. The van der Waals surface area contributed by atoms with Crippen LogP contribution in [0.2, 0.25) is 0 Å². The molecule has 31 heavy (non-hydrogen) atoms. The number of ether oxygens (including phenoxy) is 1. The molecule has 3 rings (SSSR count). The van der Waals surface area contributed by atoms with Gasteiger partial charge >= 0.3 is 0 Å². The first kappa shape index (κ1) is 24.1. The molecule has 0 spiro atoms. The molecule has 1 N–H and O–H groups in total. The van der Waals surface area contributed by atoms with Crippen molar-refractivity contribution >= 4 is 5.91 Å². The van der Waals surface area contributed by atoms with E-state index in [1.54, 1.807) is 4.68 Å². The summed E-state index contributed by atoms with van der Waals surface area (Å²) in [6.07, 6.45) is 9.76. The molecule has 2 heterocycles. The second-order valence-corrected chi connectivity index (χ2v) is 9.71. The number of fused-ring (bicyclic) bond motifs is 2. The third-order valence-corrected chi connectivity index (χ3v) is 6.83. The van der Waals surface area contributed by atoms with Gasteiger partial charge in [0.2, 0.25) is 5.91 Å². The van der Waals surface area contributed by atoms with E-state index in [1.807, 2.05) is 18.0 Å². The largest absolute Gasteiger partial charge is 0.394 e. The van der Waals surface area contributed by atoms with Crippen molar-refractivity contribution in [1.82, 2.24) is 24.8 Å². The second-order valence-electron chi connectivity index (χ2n) is 9.71. The molecular formula is C23H41N5O3. The molecule has 1 fully saturated rings. The molecule has 1 aromatic heterocycles. The van der Waals surface area contributed by atoms with Crippen LogP contribution in [-0.2, 0) is 22.7 Å². The summed E-state index contributed by atoms with van der Waals surface area (Å²) in [5.41, 5.74) is 0.832. The van der Waals surface area contributed by atoms with Crippen molar-refractivity contribution in [3.05, 3.63) is 11.9 Å². The molecule has 1 aromatic rings. The van der Waals surface area contributed by atoms with Crippen LogP contribution in [0.25, 0.3) is 0 Å². The molecule has 1 aliphatic heterocycles. The number of rotatable bonds is 6. The molecule has 0 aromatic carbocycles. The standard InChI is InChI=1S/C23H41N5O3/c1-18-12-28(19(2)16-29)23(30)10-7-11-27-14-21(24-25-27)17-31-22(18)15-26(3)13-20-8-5-4-6-9-20/h14,18-20,22,29H,4-13,15-17H2,1-3H3/t18-,19+,22-/m0/s1. The first-order valence-corrected chi connectivity index (χ1v) is 12.1. The van der Waals surface area contributed by atoms with E-state index in [2.05, 4.69) is 29.2 Å². The highest BCUT2D eigenvalue weighted by atomic mass is 16.5. The van der Waals surface area contributed by atoms with Crippen LogP contribution >= 0.6 is 0 Å². The molecule has 0 saturated heterocycles. The van der Waals surface area contributed by atoms with Gasteiger partial charge in [-0.2, -0.15) is 0 Å². The first-order valence-electron chi connectivity index (χ1n) is 12.1. The molecule has 0 radical (unpaired) electrons. The predicted octanol–water partition coefficient (Wildman–Crippen LogP) is 2.31. The number of aliphatic hydroxyl groups is 1. The Kier molecular flexibility index (Phi) is 9.29. The summed E-state index contributed by atoms with van der Waals surface area (Å²) in [5.74, 6) is 1.00. The molecule has 8 nitrogen and oxygen atoms in total. The zero-order valence-corrected chi connectivity index (χ0v) is 19.6. The number of aryl methyl sites for hydroxylation is 1. The number of carbonyl (C=O) groups is 1. The Morgan fingerprint density at radius 1 is 1.26 bits per heavy atom. The fourth-order valence-corrected chi connectivity index (χ4v) is 4.89. The van der Waals surface area contributed by atoms with Crippen LogP contribution in [0, 0.1) is 11.8 Å². The molecule has 1 aliphatic carbocycles. The molecule has 3 atom stereocenters. The van der Waals surface area contributed by atoms with Crippen molar-refractivity contribution < 1.29 is 14.6 Å². The lowest BCUT2D eigenvalue weighted by Crippen LogP contribution is -2.47. The van der Waals surface area contributed by atoms with E-state index in [1.165, 1.54) is 32.1 Å². The summed E-state index contributed by atoms with van der Waals surface area (Å²) < 4.78 is 8.15.